The number of nitrogens with zero attached hydrogens (tertiary/aromatic N) is 1. The highest BCUT2D eigenvalue weighted by Gasteiger charge is 2.26. The van der Waals surface area contributed by atoms with E-state index in [9.17, 15) is 13.2 Å². The lowest BCUT2D eigenvalue weighted by molar-refractivity contribution is 0.102. The summed E-state index contributed by atoms with van der Waals surface area (Å²) in [6.07, 6.45) is 1.47. The lowest BCUT2D eigenvalue weighted by Crippen LogP contribution is -2.31. The minimum Gasteiger partial charge on any atom is -0.486 e. The molecule has 1 N–H and O–H groups in total. The third kappa shape index (κ3) is 4.81. The Morgan fingerprint density at radius 1 is 1.03 bits per heavy atom. The number of para-hydroxylation sites is 1. The van der Waals surface area contributed by atoms with E-state index < -0.39 is 15.9 Å². The van der Waals surface area contributed by atoms with Gasteiger partial charge in [0.2, 0.25) is 0 Å². The lowest BCUT2D eigenvalue weighted by atomic mass is 10.2. The molecule has 0 saturated heterocycles. The van der Waals surface area contributed by atoms with Crippen LogP contribution in [0.15, 0.2) is 84.3 Å². The second kappa shape index (κ2) is 9.56. The van der Waals surface area contributed by atoms with Crippen molar-refractivity contribution >= 4 is 38.9 Å². The molecule has 1 heterocycles. The Kier molecular flexibility index (Phi) is 6.57. The number of carbonyl (C=O) groups is 1. The van der Waals surface area contributed by atoms with Crippen LogP contribution in [-0.2, 0) is 10.0 Å². The molecule has 0 saturated carbocycles. The fourth-order valence-corrected chi connectivity index (χ4v) is 5.14. The number of ether oxygens (including phenoxy) is 2. The quantitative estimate of drug-likeness (QED) is 0.489. The van der Waals surface area contributed by atoms with Crippen LogP contribution in [0.2, 0.25) is 5.02 Å². The number of halogens is 1. The topological polar surface area (TPSA) is 84.9 Å². The molecule has 4 rings (SSSR count). The van der Waals surface area contributed by atoms with Gasteiger partial charge in [-0.1, -0.05) is 35.9 Å². The van der Waals surface area contributed by atoms with Crippen molar-refractivity contribution in [2.24, 2.45) is 0 Å². The molecule has 0 unspecified atom stereocenters. The van der Waals surface area contributed by atoms with Crippen LogP contribution >= 0.6 is 11.6 Å². The third-order valence-corrected chi connectivity index (χ3v) is 7.00. The lowest BCUT2D eigenvalue weighted by Gasteiger charge is -2.24. The van der Waals surface area contributed by atoms with Gasteiger partial charge in [0.1, 0.15) is 13.2 Å². The van der Waals surface area contributed by atoms with Gasteiger partial charge in [-0.15, -0.1) is 6.58 Å². The highest BCUT2D eigenvalue weighted by molar-refractivity contribution is 7.92. The molecular formula is C24H21ClN2O5S. The van der Waals surface area contributed by atoms with Gasteiger partial charge in [0.15, 0.2) is 11.5 Å². The average molecular weight is 485 g/mol. The Balaban J connectivity index is 1.61. The molecule has 0 aromatic heterocycles. The van der Waals surface area contributed by atoms with Crippen molar-refractivity contribution in [3.8, 4) is 11.5 Å². The van der Waals surface area contributed by atoms with Crippen LogP contribution in [0.3, 0.4) is 0 Å². The number of fused-ring (bicyclic) bond motifs is 1. The van der Waals surface area contributed by atoms with Crippen LogP contribution in [0, 0.1) is 0 Å². The monoisotopic (exact) mass is 484 g/mol. The van der Waals surface area contributed by atoms with Gasteiger partial charge in [-0.25, -0.2) is 8.42 Å². The van der Waals surface area contributed by atoms with Crippen LogP contribution in [0.1, 0.15) is 10.4 Å². The second-order valence-electron chi connectivity index (χ2n) is 7.12. The maximum atomic E-state index is 13.4. The molecule has 170 valence electrons. The summed E-state index contributed by atoms with van der Waals surface area (Å²) >= 11 is 6.25. The van der Waals surface area contributed by atoms with Crippen LogP contribution in [0.4, 0.5) is 11.4 Å². The van der Waals surface area contributed by atoms with Gasteiger partial charge in [-0.2, -0.15) is 0 Å². The largest absolute Gasteiger partial charge is 0.486 e. The average Bonchev–Trinajstić information content (AvgIpc) is 2.83. The van der Waals surface area contributed by atoms with Gasteiger partial charge in [0, 0.05) is 17.3 Å². The van der Waals surface area contributed by atoms with E-state index in [1.807, 2.05) is 0 Å². The number of rotatable bonds is 7. The molecule has 0 spiro atoms. The van der Waals surface area contributed by atoms with E-state index >= 15 is 0 Å². The normalized spacial score (nSPS) is 12.6. The minimum absolute atomic E-state index is 0.0136. The molecule has 3 aromatic carbocycles. The van der Waals surface area contributed by atoms with Crippen molar-refractivity contribution in [2.75, 3.05) is 29.4 Å². The van der Waals surface area contributed by atoms with E-state index in [0.29, 0.717) is 36.1 Å². The fourth-order valence-electron chi connectivity index (χ4n) is 3.35. The number of hydrogen-bond acceptors (Lipinski definition) is 5. The van der Waals surface area contributed by atoms with Gasteiger partial charge < -0.3 is 14.8 Å². The fraction of sp³-hybridized carbons (Fsp3) is 0.125. The van der Waals surface area contributed by atoms with Crippen LogP contribution < -0.4 is 19.1 Å². The van der Waals surface area contributed by atoms with Gasteiger partial charge in [-0.3, -0.25) is 9.10 Å². The zero-order valence-corrected chi connectivity index (χ0v) is 19.1. The molecule has 1 aliphatic heterocycles. The molecule has 3 aromatic rings. The Morgan fingerprint density at radius 2 is 1.79 bits per heavy atom. The second-order valence-corrected chi connectivity index (χ2v) is 9.39. The van der Waals surface area contributed by atoms with E-state index in [-0.39, 0.29) is 22.0 Å². The van der Waals surface area contributed by atoms with Gasteiger partial charge in [0.25, 0.3) is 15.9 Å². The van der Waals surface area contributed by atoms with Gasteiger partial charge in [0.05, 0.1) is 22.2 Å². The number of anilines is 2. The molecule has 1 amide bonds. The predicted molar refractivity (Wildman–Crippen MR) is 128 cm³/mol. The first kappa shape index (κ1) is 22.7. The maximum Gasteiger partial charge on any atom is 0.264 e. The van der Waals surface area contributed by atoms with Crippen LogP contribution in [0.25, 0.3) is 0 Å². The zero-order valence-electron chi connectivity index (χ0n) is 17.5. The van der Waals surface area contributed by atoms with E-state index in [4.69, 9.17) is 21.1 Å². The van der Waals surface area contributed by atoms with Crippen LogP contribution in [0.5, 0.6) is 11.5 Å². The Bertz CT molecular complexity index is 1310. The Morgan fingerprint density at radius 3 is 2.55 bits per heavy atom. The van der Waals surface area contributed by atoms with Crippen molar-refractivity contribution in [3.05, 3.63) is 90.0 Å². The smallest absolute Gasteiger partial charge is 0.264 e. The summed E-state index contributed by atoms with van der Waals surface area (Å²) in [6, 6.07) is 17.5. The summed E-state index contributed by atoms with van der Waals surface area (Å²) in [5.41, 5.74) is 1.01. The molecule has 0 radical (unpaired) electrons. The summed E-state index contributed by atoms with van der Waals surface area (Å²) in [6.45, 7) is 4.56. The number of hydrogen-bond donors (Lipinski definition) is 1. The van der Waals surface area contributed by atoms with E-state index in [0.717, 1.165) is 4.31 Å². The molecule has 33 heavy (non-hydrogen) atoms. The summed E-state index contributed by atoms with van der Waals surface area (Å²) in [5.74, 6) is 0.682. The molecule has 0 aliphatic carbocycles. The first-order valence-corrected chi connectivity index (χ1v) is 11.9. The highest BCUT2D eigenvalue weighted by Crippen LogP contribution is 2.33. The van der Waals surface area contributed by atoms with Crippen molar-refractivity contribution in [2.45, 2.75) is 4.90 Å². The molecule has 0 bridgehead atoms. The summed E-state index contributed by atoms with van der Waals surface area (Å²) in [5, 5.41) is 3.05. The van der Waals surface area contributed by atoms with Crippen molar-refractivity contribution in [1.29, 1.82) is 0 Å². The van der Waals surface area contributed by atoms with E-state index in [2.05, 4.69) is 11.9 Å². The summed E-state index contributed by atoms with van der Waals surface area (Å²) in [7, 11) is -4.02. The van der Waals surface area contributed by atoms with Gasteiger partial charge in [-0.05, 0) is 42.5 Å². The standard InChI is InChI=1S/C24H21ClN2O5S/c1-2-12-27(21-9-4-3-8-20(21)25)33(29,30)19-7-5-6-17(15-19)24(28)26-18-10-11-22-23(16-18)32-14-13-31-22/h2-11,15-16H,1,12-14H2,(H,26,28). The first-order chi connectivity index (χ1) is 15.9. The number of carbonyl (C=O) groups excluding carboxylic acids is 1. The molecule has 1 aliphatic rings. The van der Waals surface area contributed by atoms with Crippen molar-refractivity contribution in [3.63, 3.8) is 0 Å². The highest BCUT2D eigenvalue weighted by atomic mass is 35.5. The van der Waals surface area contributed by atoms with Crippen molar-refractivity contribution in [1.82, 2.24) is 0 Å². The number of benzene rings is 3. The van der Waals surface area contributed by atoms with Crippen LogP contribution in [-0.4, -0.2) is 34.1 Å². The molecular weight excluding hydrogens is 464 g/mol. The molecule has 0 fully saturated rings. The molecule has 9 heteroatoms. The Labute approximate surface area is 197 Å². The minimum atomic E-state index is -4.02. The zero-order chi connectivity index (χ0) is 23.4. The number of amides is 1. The summed E-state index contributed by atoms with van der Waals surface area (Å²) < 4.78 is 39.0. The number of nitrogens with one attached hydrogen (secondary N) is 1. The van der Waals surface area contributed by atoms with Gasteiger partial charge >= 0.3 is 0 Å². The SMILES string of the molecule is C=CCN(c1ccccc1Cl)S(=O)(=O)c1cccc(C(=O)Nc2ccc3c(c2)OCCO3)c1. The van der Waals surface area contributed by atoms with E-state index in [1.54, 1.807) is 48.5 Å². The Hall–Kier alpha value is -3.49. The first-order valence-electron chi connectivity index (χ1n) is 10.1. The van der Waals surface area contributed by atoms with Crippen molar-refractivity contribution < 1.29 is 22.7 Å². The predicted octanol–water partition coefficient (Wildman–Crippen LogP) is 4.74. The molecule has 0 atom stereocenters. The third-order valence-electron chi connectivity index (χ3n) is 4.90. The molecule has 7 nitrogen and oxygen atoms in total. The van der Waals surface area contributed by atoms with E-state index in [1.165, 1.54) is 24.3 Å². The summed E-state index contributed by atoms with van der Waals surface area (Å²) in [4.78, 5) is 12.8. The number of sulfonamides is 1. The maximum absolute atomic E-state index is 13.4.